The summed E-state index contributed by atoms with van der Waals surface area (Å²) in [6.07, 6.45) is 4.26. The maximum Gasteiger partial charge on any atom is 0.337 e. The molecule has 0 saturated carbocycles. The molecule has 0 saturated heterocycles. The molecule has 1 rings (SSSR count). The Hall–Kier alpha value is -1.11. The van der Waals surface area contributed by atoms with Crippen molar-refractivity contribution in [1.82, 2.24) is 4.98 Å². The largest absolute Gasteiger partial charge is 0.479 e. The highest BCUT2D eigenvalue weighted by Crippen LogP contribution is 2.24. The number of nitrogens with two attached hydrogens (primary N) is 1. The van der Waals surface area contributed by atoms with Crippen LogP contribution in [0.3, 0.4) is 0 Å². The van der Waals surface area contributed by atoms with Gasteiger partial charge in [0.05, 0.1) is 0 Å². The Kier molecular flexibility index (Phi) is 8.02. The van der Waals surface area contributed by atoms with E-state index in [1.54, 1.807) is 18.0 Å². The average Bonchev–Trinajstić information content (AvgIpc) is 2.47. The summed E-state index contributed by atoms with van der Waals surface area (Å²) in [7, 11) is 0. The number of pyridine rings is 1. The molecular weight excluding hydrogens is 312 g/mol. The molecule has 0 aromatic carbocycles. The Morgan fingerprint density at radius 1 is 1.48 bits per heavy atom. The monoisotopic (exact) mass is 340 g/mol. The van der Waals surface area contributed by atoms with Gasteiger partial charge in [-0.25, -0.2) is 4.79 Å². The number of carboxylic acids is 1. The first-order valence-electron chi connectivity index (χ1n) is 8.08. The lowest BCUT2D eigenvalue weighted by molar-refractivity contribution is -0.161. The molecule has 0 aliphatic carbocycles. The van der Waals surface area contributed by atoms with Crippen LogP contribution in [-0.4, -0.2) is 38.6 Å². The molecule has 0 spiro atoms. The van der Waals surface area contributed by atoms with E-state index in [1.807, 2.05) is 26.0 Å². The van der Waals surface area contributed by atoms with Gasteiger partial charge in [0.25, 0.3) is 0 Å². The summed E-state index contributed by atoms with van der Waals surface area (Å²) in [6.45, 7) is 6.04. The number of hydrogen-bond acceptors (Lipinski definition) is 5. The van der Waals surface area contributed by atoms with Gasteiger partial charge in [0.2, 0.25) is 0 Å². The lowest BCUT2D eigenvalue weighted by Gasteiger charge is -2.30. The fourth-order valence-electron chi connectivity index (χ4n) is 2.32. The number of rotatable bonds is 10. The maximum absolute atomic E-state index is 11.6. The van der Waals surface area contributed by atoms with Gasteiger partial charge >= 0.3 is 5.97 Å². The van der Waals surface area contributed by atoms with E-state index in [9.17, 15) is 15.0 Å². The summed E-state index contributed by atoms with van der Waals surface area (Å²) in [5.74, 6) is -0.0769. The van der Waals surface area contributed by atoms with Crippen LogP contribution in [0.25, 0.3) is 0 Å². The summed E-state index contributed by atoms with van der Waals surface area (Å²) in [4.78, 5) is 16.8. The van der Waals surface area contributed by atoms with Crippen molar-refractivity contribution in [3.8, 4) is 0 Å². The van der Waals surface area contributed by atoms with Gasteiger partial charge in [-0.05, 0) is 36.6 Å². The molecule has 0 unspecified atom stereocenters. The second kappa shape index (κ2) is 9.25. The Bertz CT molecular complexity index is 510. The third-order valence-corrected chi connectivity index (χ3v) is 4.79. The Balaban J connectivity index is 2.88. The van der Waals surface area contributed by atoms with Gasteiger partial charge < -0.3 is 15.9 Å². The molecule has 130 valence electrons. The molecule has 0 fully saturated rings. The van der Waals surface area contributed by atoms with E-state index in [-0.39, 0.29) is 12.3 Å². The van der Waals surface area contributed by atoms with E-state index < -0.39 is 17.6 Å². The minimum Gasteiger partial charge on any atom is -0.479 e. The van der Waals surface area contributed by atoms with E-state index in [4.69, 9.17) is 5.73 Å². The second-order valence-corrected chi connectivity index (χ2v) is 7.50. The third kappa shape index (κ3) is 6.12. The first kappa shape index (κ1) is 19.9. The molecule has 1 heterocycles. The minimum atomic E-state index is -2.00. The zero-order valence-corrected chi connectivity index (χ0v) is 15.0. The molecule has 2 atom stereocenters. The molecule has 6 heteroatoms. The smallest absolute Gasteiger partial charge is 0.337 e. The van der Waals surface area contributed by atoms with Crippen molar-refractivity contribution in [2.75, 3.05) is 5.75 Å². The number of nitrogens with zero attached hydrogens (tertiary/aromatic N) is 1. The zero-order chi connectivity index (χ0) is 17.5. The standard InChI is InChI=1S/C17H28N2O3S/c1-4-5-8-23-14-6-7-19-13(10-14)11-17(22,16(20)21)15(18)9-12(2)3/h6-7,10,12,15,22H,4-5,8-9,11,18H2,1-3H3,(H,20,21)/t15-,17+/m0/s1. The van der Waals surface area contributed by atoms with Crippen molar-refractivity contribution in [3.05, 3.63) is 24.0 Å². The summed E-state index contributed by atoms with van der Waals surface area (Å²) in [5.41, 5.74) is 4.53. The normalized spacial score (nSPS) is 15.4. The Morgan fingerprint density at radius 2 is 2.17 bits per heavy atom. The fraction of sp³-hybridized carbons (Fsp3) is 0.647. The summed E-state index contributed by atoms with van der Waals surface area (Å²) in [5, 5.41) is 20.0. The summed E-state index contributed by atoms with van der Waals surface area (Å²) >= 11 is 1.71. The van der Waals surface area contributed by atoms with Gasteiger partial charge in [-0.1, -0.05) is 27.2 Å². The van der Waals surface area contributed by atoms with Crippen LogP contribution in [0.2, 0.25) is 0 Å². The molecule has 0 amide bonds. The molecular formula is C17H28N2O3S. The average molecular weight is 340 g/mol. The molecule has 0 aliphatic rings. The predicted octanol–water partition coefficient (Wildman–Crippen LogP) is 2.71. The van der Waals surface area contributed by atoms with E-state index in [2.05, 4.69) is 11.9 Å². The molecule has 23 heavy (non-hydrogen) atoms. The number of thioether (sulfide) groups is 1. The lowest BCUT2D eigenvalue weighted by Crippen LogP contribution is -2.56. The second-order valence-electron chi connectivity index (χ2n) is 6.33. The zero-order valence-electron chi connectivity index (χ0n) is 14.2. The number of carboxylic acid groups (broad SMARTS) is 1. The van der Waals surface area contributed by atoms with Gasteiger partial charge in [0, 0.05) is 29.2 Å². The molecule has 4 N–H and O–H groups in total. The Labute approximate surface area is 142 Å². The Morgan fingerprint density at radius 3 is 2.74 bits per heavy atom. The van der Waals surface area contributed by atoms with E-state index >= 15 is 0 Å². The number of aliphatic hydroxyl groups is 1. The molecule has 1 aromatic heterocycles. The van der Waals surface area contributed by atoms with Crippen molar-refractivity contribution in [1.29, 1.82) is 0 Å². The van der Waals surface area contributed by atoms with Gasteiger partial charge in [-0.3, -0.25) is 4.98 Å². The molecule has 0 bridgehead atoms. The van der Waals surface area contributed by atoms with Crippen LogP contribution in [0.15, 0.2) is 23.2 Å². The van der Waals surface area contributed by atoms with Crippen LogP contribution in [0.5, 0.6) is 0 Å². The highest BCUT2D eigenvalue weighted by Gasteiger charge is 2.43. The summed E-state index contributed by atoms with van der Waals surface area (Å²) in [6, 6.07) is 2.91. The van der Waals surface area contributed by atoms with Crippen LogP contribution in [0, 0.1) is 5.92 Å². The van der Waals surface area contributed by atoms with Crippen LogP contribution >= 0.6 is 11.8 Å². The number of unbranched alkanes of at least 4 members (excludes halogenated alkanes) is 1. The van der Waals surface area contributed by atoms with E-state index in [0.29, 0.717) is 12.1 Å². The number of aromatic nitrogens is 1. The fourth-order valence-corrected chi connectivity index (χ4v) is 3.37. The van der Waals surface area contributed by atoms with Crippen molar-refractivity contribution in [2.45, 2.75) is 63.0 Å². The van der Waals surface area contributed by atoms with Crippen LogP contribution in [0.1, 0.15) is 45.7 Å². The van der Waals surface area contributed by atoms with Gasteiger partial charge in [0.1, 0.15) is 0 Å². The minimum absolute atomic E-state index is 0.0849. The highest BCUT2D eigenvalue weighted by atomic mass is 32.2. The number of aliphatic carboxylic acids is 1. The van der Waals surface area contributed by atoms with Gasteiger partial charge in [0.15, 0.2) is 5.60 Å². The van der Waals surface area contributed by atoms with Crippen molar-refractivity contribution < 1.29 is 15.0 Å². The highest BCUT2D eigenvalue weighted by molar-refractivity contribution is 7.99. The van der Waals surface area contributed by atoms with Crippen LogP contribution in [0.4, 0.5) is 0 Å². The van der Waals surface area contributed by atoms with Crippen molar-refractivity contribution in [3.63, 3.8) is 0 Å². The van der Waals surface area contributed by atoms with Crippen LogP contribution < -0.4 is 5.73 Å². The quantitative estimate of drug-likeness (QED) is 0.448. The molecule has 0 aliphatic heterocycles. The molecule has 5 nitrogen and oxygen atoms in total. The van der Waals surface area contributed by atoms with Crippen molar-refractivity contribution in [2.24, 2.45) is 11.7 Å². The number of hydrogen-bond donors (Lipinski definition) is 3. The van der Waals surface area contributed by atoms with Crippen molar-refractivity contribution >= 4 is 17.7 Å². The summed E-state index contributed by atoms with van der Waals surface area (Å²) < 4.78 is 0. The topological polar surface area (TPSA) is 96.4 Å². The maximum atomic E-state index is 11.6. The van der Waals surface area contributed by atoms with Crippen LogP contribution in [-0.2, 0) is 11.2 Å². The first-order valence-corrected chi connectivity index (χ1v) is 9.07. The van der Waals surface area contributed by atoms with E-state index in [1.165, 1.54) is 0 Å². The third-order valence-electron chi connectivity index (χ3n) is 3.71. The predicted molar refractivity (Wildman–Crippen MR) is 93.6 cm³/mol. The first-order chi connectivity index (χ1) is 10.8. The van der Waals surface area contributed by atoms with Gasteiger partial charge in [-0.2, -0.15) is 0 Å². The number of carbonyl (C=O) groups is 1. The lowest BCUT2D eigenvalue weighted by atomic mass is 9.84. The van der Waals surface area contributed by atoms with E-state index in [0.717, 1.165) is 23.5 Å². The van der Waals surface area contributed by atoms with Gasteiger partial charge in [-0.15, -0.1) is 11.8 Å². The SMILES string of the molecule is CCCCSc1ccnc(C[C@](O)(C(=O)O)[C@@H](N)CC(C)C)c1. The molecule has 1 aromatic rings. The molecule has 0 radical (unpaired) electrons.